The molecule has 2 aromatic carbocycles. The summed E-state index contributed by atoms with van der Waals surface area (Å²) in [7, 11) is 0. The highest BCUT2D eigenvalue weighted by atomic mass is 35.5. The van der Waals surface area contributed by atoms with Gasteiger partial charge in [0.05, 0.1) is 10.5 Å². The Bertz CT molecular complexity index is 965. The van der Waals surface area contributed by atoms with E-state index >= 15 is 0 Å². The van der Waals surface area contributed by atoms with Crippen LogP contribution in [0.3, 0.4) is 0 Å². The fourth-order valence-electron chi connectivity index (χ4n) is 3.50. The number of hydrogen-bond acceptors (Lipinski definition) is 2. The molecule has 0 unspecified atom stereocenters. The highest BCUT2D eigenvalue weighted by molar-refractivity contribution is 6.33. The second-order valence-electron chi connectivity index (χ2n) is 6.22. The first-order valence-electron chi connectivity index (χ1n) is 8.30. The van der Waals surface area contributed by atoms with Crippen molar-refractivity contribution < 1.29 is 17.9 Å². The summed E-state index contributed by atoms with van der Waals surface area (Å²) in [6, 6.07) is 12.2. The van der Waals surface area contributed by atoms with Crippen LogP contribution in [-0.2, 0) is 13.0 Å². The molecule has 7 heteroatoms. The molecule has 0 bridgehead atoms. The summed E-state index contributed by atoms with van der Waals surface area (Å²) in [5.74, 6) is -0.323. The largest absolute Gasteiger partial charge is 0.573 e. The minimum atomic E-state index is -4.74. The van der Waals surface area contributed by atoms with E-state index in [-0.39, 0.29) is 10.8 Å². The Morgan fingerprint density at radius 3 is 2.65 bits per heavy atom. The lowest BCUT2D eigenvalue weighted by atomic mass is 10.0. The Labute approximate surface area is 153 Å². The molecule has 26 heavy (non-hydrogen) atoms. The smallest absolute Gasteiger partial charge is 0.406 e. The second kappa shape index (κ2) is 6.52. The van der Waals surface area contributed by atoms with Gasteiger partial charge in [0.25, 0.3) is 0 Å². The molecule has 0 spiro atoms. The summed E-state index contributed by atoms with van der Waals surface area (Å²) in [4.78, 5) is 0. The number of aromatic nitrogens is 1. The average molecular weight is 381 g/mol. The number of nitrogens with one attached hydrogen (secondary N) is 1. The fourth-order valence-corrected chi connectivity index (χ4v) is 3.78. The van der Waals surface area contributed by atoms with Gasteiger partial charge in [-0.2, -0.15) is 0 Å². The van der Waals surface area contributed by atoms with E-state index in [1.54, 1.807) is 6.07 Å². The molecule has 0 amide bonds. The normalized spacial score (nSPS) is 14.9. The van der Waals surface area contributed by atoms with Crippen LogP contribution < -0.4 is 10.1 Å². The monoisotopic (exact) mass is 380 g/mol. The van der Waals surface area contributed by atoms with E-state index in [1.807, 2.05) is 18.2 Å². The van der Waals surface area contributed by atoms with Crippen molar-refractivity contribution in [3.63, 3.8) is 0 Å². The Morgan fingerprint density at radius 1 is 1.04 bits per heavy atom. The predicted octanol–water partition coefficient (Wildman–Crippen LogP) is 5.01. The van der Waals surface area contributed by atoms with Crippen molar-refractivity contribution in [2.24, 2.45) is 0 Å². The first kappa shape index (κ1) is 17.2. The van der Waals surface area contributed by atoms with Crippen molar-refractivity contribution in [2.45, 2.75) is 19.3 Å². The molecule has 0 atom stereocenters. The van der Waals surface area contributed by atoms with E-state index in [0.29, 0.717) is 5.56 Å². The molecule has 4 rings (SSSR count). The van der Waals surface area contributed by atoms with Gasteiger partial charge in [0, 0.05) is 48.3 Å². The lowest BCUT2D eigenvalue weighted by Gasteiger charge is -2.14. The van der Waals surface area contributed by atoms with Crippen molar-refractivity contribution in [1.82, 2.24) is 9.88 Å². The van der Waals surface area contributed by atoms with Gasteiger partial charge in [0.2, 0.25) is 0 Å². The molecule has 136 valence electrons. The van der Waals surface area contributed by atoms with Crippen molar-refractivity contribution in [1.29, 1.82) is 0 Å². The highest BCUT2D eigenvalue weighted by Gasteiger charge is 2.31. The van der Waals surface area contributed by atoms with Crippen molar-refractivity contribution in [3.8, 4) is 16.9 Å². The SMILES string of the molecule is FC(F)(F)Oc1ccc(-c2cccc3cc4n(c23)CCNCC4)c(Cl)c1. The molecule has 1 aromatic heterocycles. The summed E-state index contributed by atoms with van der Waals surface area (Å²) >= 11 is 6.31. The number of nitrogens with zero attached hydrogens (tertiary/aromatic N) is 1. The quantitative estimate of drug-likeness (QED) is 0.676. The summed E-state index contributed by atoms with van der Waals surface area (Å²) in [5.41, 5.74) is 3.88. The molecule has 1 N–H and O–H groups in total. The fraction of sp³-hybridized carbons (Fsp3) is 0.263. The average Bonchev–Trinajstić information content (AvgIpc) is 2.76. The van der Waals surface area contributed by atoms with Crippen LogP contribution in [0.25, 0.3) is 22.0 Å². The summed E-state index contributed by atoms with van der Waals surface area (Å²) in [6.45, 7) is 2.63. The van der Waals surface area contributed by atoms with E-state index in [9.17, 15) is 13.2 Å². The van der Waals surface area contributed by atoms with Crippen LogP contribution in [0, 0.1) is 0 Å². The van der Waals surface area contributed by atoms with Crippen LogP contribution in [0.4, 0.5) is 13.2 Å². The van der Waals surface area contributed by atoms with E-state index in [4.69, 9.17) is 11.6 Å². The number of rotatable bonds is 2. The lowest BCUT2D eigenvalue weighted by molar-refractivity contribution is -0.274. The Kier molecular flexibility index (Phi) is 4.32. The maximum atomic E-state index is 12.4. The molecule has 1 aliphatic rings. The zero-order chi connectivity index (χ0) is 18.3. The third-order valence-electron chi connectivity index (χ3n) is 4.54. The number of halogens is 4. The minimum Gasteiger partial charge on any atom is -0.406 e. The van der Waals surface area contributed by atoms with Crippen LogP contribution in [0.1, 0.15) is 5.69 Å². The summed E-state index contributed by atoms with van der Waals surface area (Å²) < 4.78 is 43.5. The molecule has 0 saturated carbocycles. The number of ether oxygens (including phenoxy) is 1. The molecular weight excluding hydrogens is 365 g/mol. The molecule has 0 radical (unpaired) electrons. The zero-order valence-corrected chi connectivity index (χ0v) is 14.5. The van der Waals surface area contributed by atoms with Gasteiger partial charge in [-0.3, -0.25) is 0 Å². The maximum Gasteiger partial charge on any atom is 0.573 e. The number of benzene rings is 2. The van der Waals surface area contributed by atoms with Gasteiger partial charge in [-0.15, -0.1) is 13.2 Å². The van der Waals surface area contributed by atoms with E-state index in [1.165, 1.54) is 17.8 Å². The first-order chi connectivity index (χ1) is 12.4. The Hall–Kier alpha value is -2.18. The second-order valence-corrected chi connectivity index (χ2v) is 6.63. The predicted molar refractivity (Wildman–Crippen MR) is 95.6 cm³/mol. The standard InChI is InChI=1S/C19H16ClF3N2O/c20-17-11-14(26-19(21,22)23)4-5-15(17)16-3-1-2-12-10-13-6-7-24-8-9-25(13)18(12)16/h1-5,10-11,24H,6-9H2. The van der Waals surface area contributed by atoms with Crippen LogP contribution in [0.2, 0.25) is 5.02 Å². The molecule has 3 aromatic rings. The zero-order valence-electron chi connectivity index (χ0n) is 13.7. The van der Waals surface area contributed by atoms with Gasteiger partial charge >= 0.3 is 6.36 Å². The van der Waals surface area contributed by atoms with Gasteiger partial charge in [-0.1, -0.05) is 29.8 Å². The van der Waals surface area contributed by atoms with E-state index in [2.05, 4.69) is 20.7 Å². The first-order valence-corrected chi connectivity index (χ1v) is 8.68. The van der Waals surface area contributed by atoms with Gasteiger partial charge in [0.15, 0.2) is 0 Å². The van der Waals surface area contributed by atoms with Gasteiger partial charge in [-0.25, -0.2) is 0 Å². The summed E-state index contributed by atoms with van der Waals surface area (Å²) in [5, 5.41) is 4.70. The number of alkyl halides is 3. The number of hydrogen-bond donors (Lipinski definition) is 1. The molecule has 3 nitrogen and oxygen atoms in total. The third kappa shape index (κ3) is 3.27. The van der Waals surface area contributed by atoms with E-state index in [0.717, 1.165) is 42.5 Å². The molecule has 2 heterocycles. The van der Waals surface area contributed by atoms with Crippen LogP contribution in [-0.4, -0.2) is 24.0 Å². The molecule has 1 aliphatic heterocycles. The maximum absolute atomic E-state index is 12.4. The minimum absolute atomic E-state index is 0.224. The topological polar surface area (TPSA) is 26.2 Å². The number of fused-ring (bicyclic) bond motifs is 3. The summed E-state index contributed by atoms with van der Waals surface area (Å²) in [6.07, 6.45) is -3.81. The van der Waals surface area contributed by atoms with Crippen LogP contribution in [0.15, 0.2) is 42.5 Å². The lowest BCUT2D eigenvalue weighted by Crippen LogP contribution is -2.17. The molecule has 0 saturated heterocycles. The van der Waals surface area contributed by atoms with Crippen molar-refractivity contribution in [2.75, 3.05) is 13.1 Å². The van der Waals surface area contributed by atoms with E-state index < -0.39 is 6.36 Å². The van der Waals surface area contributed by atoms with Gasteiger partial charge in [-0.05, 0) is 24.3 Å². The van der Waals surface area contributed by atoms with Crippen LogP contribution in [0.5, 0.6) is 5.75 Å². The van der Waals surface area contributed by atoms with Crippen LogP contribution >= 0.6 is 11.6 Å². The number of para-hydroxylation sites is 1. The van der Waals surface area contributed by atoms with Crippen molar-refractivity contribution >= 4 is 22.5 Å². The Balaban J connectivity index is 1.83. The molecular formula is C19H16ClF3N2O. The molecule has 0 aliphatic carbocycles. The van der Waals surface area contributed by atoms with Gasteiger partial charge in [0.1, 0.15) is 5.75 Å². The van der Waals surface area contributed by atoms with Crippen molar-refractivity contribution in [3.05, 3.63) is 53.2 Å². The Morgan fingerprint density at radius 2 is 1.88 bits per heavy atom. The molecule has 0 fully saturated rings. The van der Waals surface area contributed by atoms with Gasteiger partial charge < -0.3 is 14.6 Å². The third-order valence-corrected chi connectivity index (χ3v) is 4.85. The highest BCUT2D eigenvalue weighted by Crippen LogP contribution is 2.38.